The maximum Gasteiger partial charge on any atom is 0.332 e. The highest BCUT2D eigenvalue weighted by Gasteiger charge is 2.16. The molecule has 8 nitrogen and oxygen atoms in total. The van der Waals surface area contributed by atoms with Gasteiger partial charge in [-0.3, -0.25) is 18.7 Å². The number of amides is 1. The van der Waals surface area contributed by atoms with Gasteiger partial charge in [0.25, 0.3) is 11.5 Å². The molecule has 0 radical (unpaired) electrons. The van der Waals surface area contributed by atoms with E-state index in [1.165, 1.54) is 29.4 Å². The van der Waals surface area contributed by atoms with Crippen molar-refractivity contribution in [1.82, 2.24) is 19.1 Å². The summed E-state index contributed by atoms with van der Waals surface area (Å²) < 4.78 is 2.31. The van der Waals surface area contributed by atoms with Crippen LogP contribution in [0.3, 0.4) is 0 Å². The molecule has 3 aromatic heterocycles. The molecule has 0 aliphatic heterocycles. The fraction of sp³-hybridized carbons (Fsp3) is 0.316. The SMILES string of the molecule is Cn1c(=O)c2cc(NC(=O)c3ccc4c(n3)CCCC4)cnc2n(C)c1=O. The second-order valence-corrected chi connectivity index (χ2v) is 6.76. The van der Waals surface area contributed by atoms with Crippen molar-refractivity contribution in [3.63, 3.8) is 0 Å². The second-order valence-electron chi connectivity index (χ2n) is 6.76. The summed E-state index contributed by atoms with van der Waals surface area (Å²) in [6, 6.07) is 5.21. The summed E-state index contributed by atoms with van der Waals surface area (Å²) in [7, 11) is 2.96. The van der Waals surface area contributed by atoms with E-state index < -0.39 is 11.2 Å². The van der Waals surface area contributed by atoms with E-state index in [1.807, 2.05) is 6.07 Å². The minimum Gasteiger partial charge on any atom is -0.319 e. The van der Waals surface area contributed by atoms with Gasteiger partial charge in [0.2, 0.25) is 0 Å². The number of carbonyl (C=O) groups excluding carboxylic acids is 1. The number of hydrogen-bond acceptors (Lipinski definition) is 5. The first kappa shape index (κ1) is 17.1. The Kier molecular flexibility index (Phi) is 4.10. The molecule has 0 saturated heterocycles. The summed E-state index contributed by atoms with van der Waals surface area (Å²) in [5.74, 6) is -0.355. The van der Waals surface area contributed by atoms with Crippen molar-refractivity contribution in [2.24, 2.45) is 14.1 Å². The largest absolute Gasteiger partial charge is 0.332 e. The molecular formula is C19H19N5O3. The van der Waals surface area contributed by atoms with Crippen LogP contribution in [0, 0.1) is 0 Å². The normalized spacial score (nSPS) is 13.4. The number of hydrogen-bond donors (Lipinski definition) is 1. The number of nitrogens with zero attached hydrogens (tertiary/aromatic N) is 4. The van der Waals surface area contributed by atoms with Crippen LogP contribution in [0.5, 0.6) is 0 Å². The molecule has 138 valence electrons. The van der Waals surface area contributed by atoms with Gasteiger partial charge in [-0.15, -0.1) is 0 Å². The van der Waals surface area contributed by atoms with Gasteiger partial charge in [0.1, 0.15) is 11.3 Å². The number of rotatable bonds is 2. The molecule has 0 unspecified atom stereocenters. The number of aromatic nitrogens is 4. The molecular weight excluding hydrogens is 346 g/mol. The number of nitrogens with one attached hydrogen (secondary N) is 1. The molecule has 1 N–H and O–H groups in total. The summed E-state index contributed by atoms with van der Waals surface area (Å²) in [5, 5.41) is 3.00. The van der Waals surface area contributed by atoms with E-state index in [0.717, 1.165) is 35.9 Å². The van der Waals surface area contributed by atoms with Crippen LogP contribution in [-0.4, -0.2) is 25.0 Å². The zero-order valence-corrected chi connectivity index (χ0v) is 15.2. The van der Waals surface area contributed by atoms with Gasteiger partial charge in [-0.2, -0.15) is 0 Å². The average Bonchev–Trinajstić information content (AvgIpc) is 2.70. The van der Waals surface area contributed by atoms with Gasteiger partial charge in [0.15, 0.2) is 0 Å². The Morgan fingerprint density at radius 2 is 1.89 bits per heavy atom. The summed E-state index contributed by atoms with van der Waals surface area (Å²) in [5.41, 5.74) is 2.27. The summed E-state index contributed by atoms with van der Waals surface area (Å²) in [6.45, 7) is 0. The molecule has 27 heavy (non-hydrogen) atoms. The third kappa shape index (κ3) is 2.92. The zero-order chi connectivity index (χ0) is 19.1. The smallest absolute Gasteiger partial charge is 0.319 e. The van der Waals surface area contributed by atoms with Crippen molar-refractivity contribution in [3.05, 3.63) is 62.2 Å². The molecule has 1 amide bonds. The first-order chi connectivity index (χ1) is 13.0. The van der Waals surface area contributed by atoms with Crippen LogP contribution in [0.1, 0.15) is 34.6 Å². The van der Waals surface area contributed by atoms with Gasteiger partial charge in [-0.1, -0.05) is 6.07 Å². The lowest BCUT2D eigenvalue weighted by atomic mass is 9.96. The van der Waals surface area contributed by atoms with Gasteiger partial charge >= 0.3 is 5.69 Å². The van der Waals surface area contributed by atoms with E-state index in [-0.39, 0.29) is 16.9 Å². The van der Waals surface area contributed by atoms with Crippen LogP contribution in [0.25, 0.3) is 11.0 Å². The first-order valence-corrected chi connectivity index (χ1v) is 8.81. The van der Waals surface area contributed by atoms with E-state index in [0.29, 0.717) is 11.4 Å². The average molecular weight is 365 g/mol. The highest BCUT2D eigenvalue weighted by atomic mass is 16.2. The summed E-state index contributed by atoms with van der Waals surface area (Å²) >= 11 is 0. The molecule has 0 atom stereocenters. The molecule has 4 rings (SSSR count). The molecule has 0 spiro atoms. The van der Waals surface area contributed by atoms with Gasteiger partial charge in [0, 0.05) is 19.8 Å². The Morgan fingerprint density at radius 1 is 1.11 bits per heavy atom. The van der Waals surface area contributed by atoms with Crippen LogP contribution in [-0.2, 0) is 26.9 Å². The lowest BCUT2D eigenvalue weighted by Gasteiger charge is -2.15. The minimum atomic E-state index is -0.455. The molecule has 1 aliphatic carbocycles. The Morgan fingerprint density at radius 3 is 2.70 bits per heavy atom. The molecule has 0 aromatic carbocycles. The lowest BCUT2D eigenvalue weighted by Crippen LogP contribution is -2.37. The van der Waals surface area contributed by atoms with E-state index in [4.69, 9.17) is 0 Å². The van der Waals surface area contributed by atoms with E-state index in [1.54, 1.807) is 13.1 Å². The number of anilines is 1. The van der Waals surface area contributed by atoms with E-state index >= 15 is 0 Å². The maximum absolute atomic E-state index is 12.6. The number of aryl methyl sites for hydroxylation is 3. The molecule has 8 heteroatoms. The van der Waals surface area contributed by atoms with Gasteiger partial charge in [-0.25, -0.2) is 14.8 Å². The Hall–Kier alpha value is -3.29. The topological polar surface area (TPSA) is 98.9 Å². The van der Waals surface area contributed by atoms with Crippen molar-refractivity contribution in [3.8, 4) is 0 Å². The first-order valence-electron chi connectivity index (χ1n) is 8.81. The maximum atomic E-state index is 12.6. The van der Waals surface area contributed by atoms with Gasteiger partial charge in [0.05, 0.1) is 17.3 Å². The van der Waals surface area contributed by atoms with Crippen molar-refractivity contribution in [1.29, 1.82) is 0 Å². The zero-order valence-electron chi connectivity index (χ0n) is 15.2. The Bertz CT molecular complexity index is 1190. The van der Waals surface area contributed by atoms with Crippen molar-refractivity contribution in [2.75, 3.05) is 5.32 Å². The van der Waals surface area contributed by atoms with E-state index in [2.05, 4.69) is 15.3 Å². The van der Waals surface area contributed by atoms with Crippen LogP contribution in [0.2, 0.25) is 0 Å². The van der Waals surface area contributed by atoms with Gasteiger partial charge < -0.3 is 5.32 Å². The Labute approximate surface area is 154 Å². The summed E-state index contributed by atoms with van der Waals surface area (Å²) in [4.78, 5) is 45.6. The Balaban J connectivity index is 1.68. The monoisotopic (exact) mass is 365 g/mol. The van der Waals surface area contributed by atoms with Crippen molar-refractivity contribution >= 4 is 22.6 Å². The number of pyridine rings is 2. The van der Waals surface area contributed by atoms with Crippen LogP contribution in [0.15, 0.2) is 34.0 Å². The molecule has 3 aromatic rings. The van der Waals surface area contributed by atoms with Crippen LogP contribution in [0.4, 0.5) is 5.69 Å². The minimum absolute atomic E-state index is 0.260. The highest BCUT2D eigenvalue weighted by molar-refractivity contribution is 6.03. The molecule has 3 heterocycles. The van der Waals surface area contributed by atoms with Crippen LogP contribution < -0.4 is 16.6 Å². The van der Waals surface area contributed by atoms with Crippen molar-refractivity contribution < 1.29 is 4.79 Å². The quantitative estimate of drug-likeness (QED) is 0.735. The number of fused-ring (bicyclic) bond motifs is 2. The molecule has 0 bridgehead atoms. The number of carbonyl (C=O) groups is 1. The lowest BCUT2D eigenvalue weighted by molar-refractivity contribution is 0.102. The predicted octanol–water partition coefficient (Wildman–Crippen LogP) is 1.16. The molecule has 0 fully saturated rings. The van der Waals surface area contributed by atoms with Gasteiger partial charge in [-0.05, 0) is 43.4 Å². The van der Waals surface area contributed by atoms with Crippen LogP contribution >= 0.6 is 0 Å². The fourth-order valence-corrected chi connectivity index (χ4v) is 3.44. The second kappa shape index (κ2) is 6.46. The molecule has 1 aliphatic rings. The standard InChI is InChI=1S/C19H19N5O3/c1-23-16-13(18(26)24(2)19(23)27)9-12(10-20-16)21-17(25)15-8-7-11-5-3-4-6-14(11)22-15/h7-10H,3-6H2,1-2H3,(H,21,25). The van der Waals surface area contributed by atoms with Crippen molar-refractivity contribution in [2.45, 2.75) is 25.7 Å². The third-order valence-electron chi connectivity index (χ3n) is 4.96. The third-order valence-corrected chi connectivity index (χ3v) is 4.96. The summed E-state index contributed by atoms with van der Waals surface area (Å²) in [6.07, 6.45) is 5.55. The predicted molar refractivity (Wildman–Crippen MR) is 101 cm³/mol. The van der Waals surface area contributed by atoms with E-state index in [9.17, 15) is 14.4 Å². The molecule has 0 saturated carbocycles. The fourth-order valence-electron chi connectivity index (χ4n) is 3.44. The highest BCUT2D eigenvalue weighted by Crippen LogP contribution is 2.20.